The standard InChI is InChI=1S/C12H12ClNO/c1-8-3-9(2)5-10(4-8)12-11(6-13)7-14-15-12/h3-5,7H,6H2,1-2H3. The number of nitrogens with zero attached hydrogens (tertiary/aromatic N) is 1. The molecule has 2 rings (SSSR count). The van der Waals surface area contributed by atoms with Gasteiger partial charge in [-0.1, -0.05) is 22.3 Å². The number of benzene rings is 1. The van der Waals surface area contributed by atoms with Gasteiger partial charge in [0, 0.05) is 11.1 Å². The van der Waals surface area contributed by atoms with E-state index in [1.807, 2.05) is 0 Å². The lowest BCUT2D eigenvalue weighted by Gasteiger charge is -2.02. The molecule has 78 valence electrons. The van der Waals surface area contributed by atoms with Crippen molar-refractivity contribution in [2.24, 2.45) is 0 Å². The van der Waals surface area contributed by atoms with Gasteiger partial charge in [-0.15, -0.1) is 11.6 Å². The van der Waals surface area contributed by atoms with E-state index in [-0.39, 0.29) is 0 Å². The Balaban J connectivity index is 2.53. The van der Waals surface area contributed by atoms with Gasteiger partial charge in [0.2, 0.25) is 0 Å². The Hall–Kier alpha value is -1.28. The number of aryl methyl sites for hydroxylation is 2. The average Bonchev–Trinajstić information content (AvgIpc) is 2.63. The van der Waals surface area contributed by atoms with Crippen LogP contribution in [0, 0.1) is 13.8 Å². The van der Waals surface area contributed by atoms with Crippen molar-refractivity contribution < 1.29 is 4.52 Å². The molecule has 0 bridgehead atoms. The highest BCUT2D eigenvalue weighted by molar-refractivity contribution is 6.17. The van der Waals surface area contributed by atoms with E-state index in [1.54, 1.807) is 6.20 Å². The Morgan fingerprint density at radius 3 is 2.47 bits per heavy atom. The van der Waals surface area contributed by atoms with Crippen molar-refractivity contribution in [2.75, 3.05) is 0 Å². The molecule has 0 aliphatic heterocycles. The van der Waals surface area contributed by atoms with Gasteiger partial charge in [-0.3, -0.25) is 0 Å². The number of rotatable bonds is 2. The topological polar surface area (TPSA) is 26.0 Å². The maximum Gasteiger partial charge on any atom is 0.171 e. The van der Waals surface area contributed by atoms with Gasteiger partial charge < -0.3 is 4.52 Å². The number of aromatic nitrogens is 1. The van der Waals surface area contributed by atoms with Gasteiger partial charge in [-0.25, -0.2) is 0 Å². The third kappa shape index (κ3) is 2.05. The van der Waals surface area contributed by atoms with Crippen molar-refractivity contribution in [3.8, 4) is 11.3 Å². The lowest BCUT2D eigenvalue weighted by molar-refractivity contribution is 0.432. The van der Waals surface area contributed by atoms with Crippen LogP contribution in [0.2, 0.25) is 0 Å². The second-order valence-electron chi connectivity index (χ2n) is 3.69. The molecule has 0 aliphatic carbocycles. The molecule has 0 N–H and O–H groups in total. The molecule has 1 aromatic heterocycles. The monoisotopic (exact) mass is 221 g/mol. The second kappa shape index (κ2) is 4.07. The first kappa shape index (κ1) is 10.2. The minimum atomic E-state index is 0.422. The SMILES string of the molecule is Cc1cc(C)cc(-c2oncc2CCl)c1. The van der Waals surface area contributed by atoms with E-state index in [2.05, 4.69) is 37.2 Å². The fourth-order valence-electron chi connectivity index (χ4n) is 1.70. The number of alkyl halides is 1. The van der Waals surface area contributed by atoms with Crippen LogP contribution >= 0.6 is 11.6 Å². The van der Waals surface area contributed by atoms with Gasteiger partial charge in [0.15, 0.2) is 5.76 Å². The molecule has 0 atom stereocenters. The van der Waals surface area contributed by atoms with Crippen LogP contribution in [0.25, 0.3) is 11.3 Å². The Kier molecular flexibility index (Phi) is 2.78. The molecule has 0 unspecified atom stereocenters. The molecule has 0 aliphatic rings. The molecule has 0 amide bonds. The van der Waals surface area contributed by atoms with Crippen molar-refractivity contribution in [1.82, 2.24) is 5.16 Å². The zero-order chi connectivity index (χ0) is 10.8. The lowest BCUT2D eigenvalue weighted by atomic mass is 10.0. The highest BCUT2D eigenvalue weighted by Crippen LogP contribution is 2.26. The molecular weight excluding hydrogens is 210 g/mol. The first-order valence-electron chi connectivity index (χ1n) is 4.79. The van der Waals surface area contributed by atoms with E-state index >= 15 is 0 Å². The van der Waals surface area contributed by atoms with Crippen LogP contribution in [-0.4, -0.2) is 5.16 Å². The summed E-state index contributed by atoms with van der Waals surface area (Å²) in [5, 5.41) is 3.77. The molecule has 0 radical (unpaired) electrons. The van der Waals surface area contributed by atoms with Crippen molar-refractivity contribution in [3.63, 3.8) is 0 Å². The van der Waals surface area contributed by atoms with Crippen LogP contribution in [0.5, 0.6) is 0 Å². The summed E-state index contributed by atoms with van der Waals surface area (Å²) in [6.45, 7) is 4.13. The third-order valence-corrected chi connectivity index (χ3v) is 2.56. The summed E-state index contributed by atoms with van der Waals surface area (Å²) < 4.78 is 5.22. The normalized spacial score (nSPS) is 10.6. The van der Waals surface area contributed by atoms with Crippen LogP contribution in [0.4, 0.5) is 0 Å². The molecule has 2 aromatic rings. The molecule has 0 saturated heterocycles. The van der Waals surface area contributed by atoms with E-state index < -0.39 is 0 Å². The van der Waals surface area contributed by atoms with Crippen molar-refractivity contribution in [3.05, 3.63) is 41.1 Å². The minimum absolute atomic E-state index is 0.422. The van der Waals surface area contributed by atoms with Gasteiger partial charge in [0.25, 0.3) is 0 Å². The summed E-state index contributed by atoms with van der Waals surface area (Å²) in [6, 6.07) is 6.27. The fourth-order valence-corrected chi connectivity index (χ4v) is 1.89. The highest BCUT2D eigenvalue weighted by atomic mass is 35.5. The zero-order valence-electron chi connectivity index (χ0n) is 8.75. The van der Waals surface area contributed by atoms with Crippen LogP contribution in [0.1, 0.15) is 16.7 Å². The Morgan fingerprint density at radius 1 is 1.20 bits per heavy atom. The van der Waals surface area contributed by atoms with Crippen LogP contribution in [0.15, 0.2) is 28.9 Å². The smallest absolute Gasteiger partial charge is 0.171 e. The van der Waals surface area contributed by atoms with Gasteiger partial charge >= 0.3 is 0 Å². The summed E-state index contributed by atoms with van der Waals surface area (Å²) in [5.41, 5.74) is 4.39. The van der Waals surface area contributed by atoms with Crippen molar-refractivity contribution >= 4 is 11.6 Å². The molecule has 2 nitrogen and oxygen atoms in total. The molecule has 15 heavy (non-hydrogen) atoms. The fraction of sp³-hybridized carbons (Fsp3) is 0.250. The van der Waals surface area contributed by atoms with Gasteiger partial charge in [-0.2, -0.15) is 0 Å². The van der Waals surface area contributed by atoms with Crippen molar-refractivity contribution in [2.45, 2.75) is 19.7 Å². The van der Waals surface area contributed by atoms with Gasteiger partial charge in [0.1, 0.15) is 0 Å². The first-order valence-corrected chi connectivity index (χ1v) is 5.32. The maximum absolute atomic E-state index is 5.80. The molecule has 0 saturated carbocycles. The van der Waals surface area contributed by atoms with Crippen molar-refractivity contribution in [1.29, 1.82) is 0 Å². The van der Waals surface area contributed by atoms with Crippen LogP contribution < -0.4 is 0 Å². The number of halogens is 1. The summed E-state index contributed by atoms with van der Waals surface area (Å²) in [5.74, 6) is 1.20. The predicted octanol–water partition coefficient (Wildman–Crippen LogP) is 3.70. The van der Waals surface area contributed by atoms with Gasteiger partial charge in [0.05, 0.1) is 12.1 Å². The molecule has 0 fully saturated rings. The zero-order valence-corrected chi connectivity index (χ0v) is 9.51. The largest absolute Gasteiger partial charge is 0.356 e. The third-order valence-electron chi connectivity index (χ3n) is 2.27. The van der Waals surface area contributed by atoms with Crippen LogP contribution in [-0.2, 0) is 5.88 Å². The van der Waals surface area contributed by atoms with Crippen LogP contribution in [0.3, 0.4) is 0 Å². The molecule has 1 heterocycles. The Bertz CT molecular complexity index is 456. The summed E-state index contributed by atoms with van der Waals surface area (Å²) in [7, 11) is 0. The van der Waals surface area contributed by atoms with E-state index in [0.29, 0.717) is 5.88 Å². The molecule has 3 heteroatoms. The Labute approximate surface area is 93.9 Å². The summed E-state index contributed by atoms with van der Waals surface area (Å²) >= 11 is 5.80. The summed E-state index contributed by atoms with van der Waals surface area (Å²) in [6.07, 6.45) is 1.67. The van der Waals surface area contributed by atoms with E-state index in [0.717, 1.165) is 16.9 Å². The average molecular weight is 222 g/mol. The first-order chi connectivity index (χ1) is 7.20. The second-order valence-corrected chi connectivity index (χ2v) is 3.96. The highest BCUT2D eigenvalue weighted by Gasteiger charge is 2.10. The number of hydrogen-bond acceptors (Lipinski definition) is 2. The Morgan fingerprint density at radius 2 is 1.87 bits per heavy atom. The predicted molar refractivity (Wildman–Crippen MR) is 61.0 cm³/mol. The van der Waals surface area contributed by atoms with E-state index in [4.69, 9.17) is 16.1 Å². The quantitative estimate of drug-likeness (QED) is 0.723. The minimum Gasteiger partial charge on any atom is -0.356 e. The molecule has 1 aromatic carbocycles. The number of hydrogen-bond donors (Lipinski definition) is 0. The lowest BCUT2D eigenvalue weighted by Crippen LogP contribution is -1.84. The van der Waals surface area contributed by atoms with Gasteiger partial charge in [-0.05, 0) is 26.0 Å². The molecule has 0 spiro atoms. The van der Waals surface area contributed by atoms with E-state index in [1.165, 1.54) is 11.1 Å². The van der Waals surface area contributed by atoms with E-state index in [9.17, 15) is 0 Å². The summed E-state index contributed by atoms with van der Waals surface area (Å²) in [4.78, 5) is 0. The maximum atomic E-state index is 5.80. The molecular formula is C12H12ClNO.